The van der Waals surface area contributed by atoms with E-state index in [1.807, 2.05) is 0 Å². The molecule has 2 heterocycles. The van der Waals surface area contributed by atoms with Crippen LogP contribution in [0.5, 0.6) is 5.75 Å². The quantitative estimate of drug-likeness (QED) is 0.150. The molecule has 1 aliphatic carbocycles. The molecule has 6 atom stereocenters. The molecule has 2 aliphatic rings. The van der Waals surface area contributed by atoms with E-state index < -0.39 is 78.8 Å². The number of nitrogens with zero attached hydrogens (tertiary/aromatic N) is 3. The zero-order valence-electron chi connectivity index (χ0n) is 30.2. The summed E-state index contributed by atoms with van der Waals surface area (Å²) < 4.78 is 28.6. The van der Waals surface area contributed by atoms with Crippen molar-refractivity contribution >= 4 is 35.7 Å². The number of carbonyl (C=O) groups excluding carboxylic acids is 6. The number of aromatic nitrogens is 3. The summed E-state index contributed by atoms with van der Waals surface area (Å²) in [6.45, 7) is 6.08. The Kier molecular flexibility index (Phi) is 13.8. The summed E-state index contributed by atoms with van der Waals surface area (Å²) in [5.41, 5.74) is 2.02. The third-order valence-corrected chi connectivity index (χ3v) is 8.96. The number of rotatable bonds is 13. The maximum absolute atomic E-state index is 13.4. The van der Waals surface area contributed by atoms with Gasteiger partial charge in [0.25, 0.3) is 5.91 Å². The van der Waals surface area contributed by atoms with E-state index in [0.717, 1.165) is 52.3 Å². The Balaban J connectivity index is 1.59. The highest BCUT2D eigenvalue weighted by atomic mass is 16.6. The minimum absolute atomic E-state index is 0.191. The first kappa shape index (κ1) is 39.9. The molecular formula is C35H47N5O12. The third kappa shape index (κ3) is 10.6. The molecule has 284 valence electrons. The Morgan fingerprint density at radius 3 is 2.23 bits per heavy atom. The Hall–Kier alpha value is -4.90. The van der Waals surface area contributed by atoms with E-state index in [-0.39, 0.29) is 24.4 Å². The second-order valence-electron chi connectivity index (χ2n) is 13.1. The fourth-order valence-corrected chi connectivity index (χ4v) is 6.68. The minimum atomic E-state index is -1.56. The van der Waals surface area contributed by atoms with Crippen LogP contribution < -0.4 is 15.4 Å². The van der Waals surface area contributed by atoms with E-state index in [1.165, 1.54) is 30.2 Å². The Bertz CT molecular complexity index is 1610. The van der Waals surface area contributed by atoms with E-state index in [4.69, 9.17) is 23.7 Å². The van der Waals surface area contributed by atoms with Crippen LogP contribution in [-0.2, 0) is 49.5 Å². The number of methoxy groups -OCH3 is 1. The van der Waals surface area contributed by atoms with Gasteiger partial charge in [-0.3, -0.25) is 24.0 Å². The number of amides is 2. The van der Waals surface area contributed by atoms with Crippen molar-refractivity contribution in [3.8, 4) is 5.75 Å². The molecule has 0 spiro atoms. The van der Waals surface area contributed by atoms with Crippen molar-refractivity contribution in [3.05, 3.63) is 40.7 Å². The number of benzene rings is 1. The molecule has 17 heteroatoms. The molecule has 0 radical (unpaired) electrons. The van der Waals surface area contributed by atoms with Crippen molar-refractivity contribution in [2.45, 2.75) is 122 Å². The van der Waals surface area contributed by atoms with Crippen LogP contribution >= 0.6 is 0 Å². The zero-order valence-corrected chi connectivity index (χ0v) is 30.2. The molecule has 2 unspecified atom stereocenters. The minimum Gasteiger partial charge on any atom is -0.467 e. The topological polar surface area (TPSA) is 224 Å². The third-order valence-electron chi connectivity index (χ3n) is 8.96. The van der Waals surface area contributed by atoms with Crippen LogP contribution in [0.25, 0.3) is 0 Å². The molecule has 1 aliphatic heterocycles. The number of nitrogens with one attached hydrogen (secondary N) is 2. The molecule has 52 heavy (non-hydrogen) atoms. The fourth-order valence-electron chi connectivity index (χ4n) is 6.68. The summed E-state index contributed by atoms with van der Waals surface area (Å²) in [5.74, 6) is -3.66. The van der Waals surface area contributed by atoms with Crippen molar-refractivity contribution in [1.82, 2.24) is 25.6 Å². The SMILES string of the molecule is COC(=O)C1C[C@H](O)[C@@H](NC(=O)Cn2cc(C3CCCCC3)nn2)C([C@H](OC(C)=O)[C@@H](CNC(=O)c2cc(C)c(OC(C)=O)c(C)c2)OC(C)=O)O1. The molecule has 2 fully saturated rings. The highest BCUT2D eigenvalue weighted by Gasteiger charge is 2.49. The van der Waals surface area contributed by atoms with Crippen molar-refractivity contribution in [1.29, 1.82) is 0 Å². The fraction of sp³-hybridized carbons (Fsp3) is 0.600. The number of carbonyl (C=O) groups is 6. The molecule has 2 amide bonds. The molecule has 2 aromatic rings. The largest absolute Gasteiger partial charge is 0.467 e. The van der Waals surface area contributed by atoms with Gasteiger partial charge in [0.15, 0.2) is 18.3 Å². The van der Waals surface area contributed by atoms with Gasteiger partial charge >= 0.3 is 23.9 Å². The first-order valence-electron chi connectivity index (χ1n) is 17.2. The number of esters is 4. The van der Waals surface area contributed by atoms with Crippen LogP contribution in [0, 0.1) is 13.8 Å². The summed E-state index contributed by atoms with van der Waals surface area (Å²) >= 11 is 0. The van der Waals surface area contributed by atoms with E-state index in [2.05, 4.69) is 20.9 Å². The van der Waals surface area contributed by atoms with Crippen LogP contribution in [-0.4, -0.2) is 106 Å². The molecule has 1 saturated heterocycles. The lowest BCUT2D eigenvalue weighted by atomic mass is 9.87. The number of hydrogen-bond donors (Lipinski definition) is 3. The summed E-state index contributed by atoms with van der Waals surface area (Å²) in [4.78, 5) is 75.7. The van der Waals surface area contributed by atoms with Crippen LogP contribution in [0.2, 0.25) is 0 Å². The van der Waals surface area contributed by atoms with Crippen LogP contribution in [0.3, 0.4) is 0 Å². The predicted octanol–water partition coefficient (Wildman–Crippen LogP) is 1.34. The lowest BCUT2D eigenvalue weighted by Gasteiger charge is -2.43. The summed E-state index contributed by atoms with van der Waals surface area (Å²) in [6.07, 6.45) is -0.492. The first-order valence-corrected chi connectivity index (χ1v) is 17.2. The highest BCUT2D eigenvalue weighted by Crippen LogP contribution is 2.32. The lowest BCUT2D eigenvalue weighted by Crippen LogP contribution is -2.65. The number of ether oxygens (including phenoxy) is 5. The van der Waals surface area contributed by atoms with Gasteiger partial charge in [-0.2, -0.15) is 0 Å². The van der Waals surface area contributed by atoms with Crippen molar-refractivity contribution in [2.24, 2.45) is 0 Å². The summed E-state index contributed by atoms with van der Waals surface area (Å²) in [6, 6.07) is 1.71. The molecule has 0 bridgehead atoms. The monoisotopic (exact) mass is 729 g/mol. The van der Waals surface area contributed by atoms with Gasteiger partial charge < -0.3 is 39.4 Å². The van der Waals surface area contributed by atoms with E-state index >= 15 is 0 Å². The van der Waals surface area contributed by atoms with Crippen LogP contribution in [0.1, 0.15) is 92.4 Å². The van der Waals surface area contributed by atoms with E-state index in [1.54, 1.807) is 20.0 Å². The number of aliphatic hydroxyl groups is 1. The average Bonchev–Trinajstić information content (AvgIpc) is 3.55. The molecule has 1 aromatic carbocycles. The number of aryl methyl sites for hydroxylation is 2. The van der Waals surface area contributed by atoms with Gasteiger partial charge in [-0.1, -0.05) is 24.5 Å². The van der Waals surface area contributed by atoms with Gasteiger partial charge in [-0.05, 0) is 49.9 Å². The van der Waals surface area contributed by atoms with Gasteiger partial charge in [0.2, 0.25) is 5.91 Å². The first-order chi connectivity index (χ1) is 24.7. The lowest BCUT2D eigenvalue weighted by molar-refractivity contribution is -0.209. The second kappa shape index (κ2) is 18.0. The highest BCUT2D eigenvalue weighted by molar-refractivity contribution is 5.95. The Morgan fingerprint density at radius 2 is 1.63 bits per heavy atom. The van der Waals surface area contributed by atoms with Gasteiger partial charge in [0.1, 0.15) is 18.4 Å². The molecule has 3 N–H and O–H groups in total. The molecule has 17 nitrogen and oxygen atoms in total. The van der Waals surface area contributed by atoms with Gasteiger partial charge in [-0.25, -0.2) is 9.48 Å². The standard InChI is InChI=1S/C35H47N5O12/c1-18-12-24(13-19(2)31(18)50-21(4)42)34(46)36-15-28(49-20(3)41)32(51-22(5)43)33-30(26(44)14-27(52-33)35(47)48-6)37-29(45)17-40-16-25(38-39-40)23-10-8-7-9-11-23/h12-13,16,23,26-28,30,32-33,44H,7-11,14-15,17H2,1-6H3,(H,36,46)(H,37,45)/t26-,27?,28+,30+,32+,33?/m0/s1. The number of aliphatic hydroxyl groups excluding tert-OH is 1. The second-order valence-corrected chi connectivity index (χ2v) is 13.1. The van der Waals surface area contributed by atoms with E-state index in [9.17, 15) is 33.9 Å². The van der Waals surface area contributed by atoms with Crippen LogP contribution in [0.4, 0.5) is 0 Å². The van der Waals surface area contributed by atoms with E-state index in [0.29, 0.717) is 16.9 Å². The maximum Gasteiger partial charge on any atom is 0.335 e. The smallest absolute Gasteiger partial charge is 0.335 e. The van der Waals surface area contributed by atoms with Gasteiger partial charge in [0.05, 0.1) is 31.5 Å². The molecule has 1 aromatic heterocycles. The van der Waals surface area contributed by atoms with Crippen molar-refractivity contribution < 1.29 is 57.6 Å². The van der Waals surface area contributed by atoms with Crippen molar-refractivity contribution in [3.63, 3.8) is 0 Å². The summed E-state index contributed by atoms with van der Waals surface area (Å²) in [7, 11) is 1.13. The van der Waals surface area contributed by atoms with Gasteiger partial charge in [0, 0.05) is 44.9 Å². The number of hydrogen-bond acceptors (Lipinski definition) is 14. The van der Waals surface area contributed by atoms with Gasteiger partial charge in [-0.15, -0.1) is 5.10 Å². The Labute approximate surface area is 301 Å². The summed E-state index contributed by atoms with van der Waals surface area (Å²) in [5, 5.41) is 25.0. The maximum atomic E-state index is 13.4. The van der Waals surface area contributed by atoms with Crippen molar-refractivity contribution in [2.75, 3.05) is 13.7 Å². The van der Waals surface area contributed by atoms with Crippen LogP contribution in [0.15, 0.2) is 18.3 Å². The molecular weight excluding hydrogens is 682 g/mol. The zero-order chi connectivity index (χ0) is 38.1. The Morgan fingerprint density at radius 1 is 0.981 bits per heavy atom. The molecule has 4 rings (SSSR count). The molecule has 1 saturated carbocycles. The predicted molar refractivity (Wildman–Crippen MR) is 180 cm³/mol. The average molecular weight is 730 g/mol. The normalized spacial score (nSPS) is 21.6.